The van der Waals surface area contributed by atoms with Gasteiger partial charge in [-0.2, -0.15) is 0 Å². The first-order valence-corrected chi connectivity index (χ1v) is 7.53. The fraction of sp³-hybridized carbons (Fsp3) is 0.188. The molecule has 0 unspecified atom stereocenters. The Balaban J connectivity index is 1.92. The molecule has 0 aliphatic carbocycles. The molecular formula is C16H15BrClNO. The molecule has 104 valence electrons. The van der Waals surface area contributed by atoms with Crippen LogP contribution in [0.2, 0.25) is 5.02 Å². The Morgan fingerprint density at radius 2 is 1.90 bits per heavy atom. The molecule has 2 rings (SSSR count). The minimum absolute atomic E-state index is 0.0606. The van der Waals surface area contributed by atoms with E-state index in [0.717, 1.165) is 27.0 Å². The Bertz CT molecular complexity index is 610. The number of benzene rings is 2. The Labute approximate surface area is 132 Å². The van der Waals surface area contributed by atoms with Crippen molar-refractivity contribution < 1.29 is 4.79 Å². The number of amides is 1. The highest BCUT2D eigenvalue weighted by Gasteiger charge is 2.10. The molecule has 2 aromatic carbocycles. The summed E-state index contributed by atoms with van der Waals surface area (Å²) in [5, 5.41) is 3.65. The molecule has 0 saturated heterocycles. The maximum absolute atomic E-state index is 12.1. The molecule has 0 aliphatic rings. The van der Waals surface area contributed by atoms with Gasteiger partial charge in [0.15, 0.2) is 0 Å². The van der Waals surface area contributed by atoms with Gasteiger partial charge in [-0.3, -0.25) is 4.79 Å². The van der Waals surface area contributed by atoms with Gasteiger partial charge in [0.2, 0.25) is 0 Å². The molecule has 2 aromatic rings. The second-order valence-electron chi connectivity index (χ2n) is 4.57. The Morgan fingerprint density at radius 3 is 2.60 bits per heavy atom. The van der Waals surface area contributed by atoms with Crippen molar-refractivity contribution in [2.45, 2.75) is 13.3 Å². The Morgan fingerprint density at radius 1 is 1.20 bits per heavy atom. The molecule has 2 nitrogen and oxygen atoms in total. The Hall–Kier alpha value is -1.32. The van der Waals surface area contributed by atoms with Crippen molar-refractivity contribution in [3.63, 3.8) is 0 Å². The summed E-state index contributed by atoms with van der Waals surface area (Å²) in [5.74, 6) is -0.0606. The van der Waals surface area contributed by atoms with Crippen LogP contribution >= 0.6 is 27.5 Å². The molecule has 1 N–H and O–H groups in total. The third kappa shape index (κ3) is 3.84. The highest BCUT2D eigenvalue weighted by Crippen LogP contribution is 2.20. The fourth-order valence-corrected chi connectivity index (χ4v) is 2.46. The van der Waals surface area contributed by atoms with Crippen LogP contribution in [-0.4, -0.2) is 12.5 Å². The van der Waals surface area contributed by atoms with Crippen LogP contribution in [0.15, 0.2) is 46.9 Å². The molecule has 0 aliphatic heterocycles. The highest BCUT2D eigenvalue weighted by molar-refractivity contribution is 9.10. The van der Waals surface area contributed by atoms with E-state index in [1.165, 1.54) is 0 Å². The molecule has 0 fully saturated rings. The molecule has 0 aromatic heterocycles. The number of rotatable bonds is 4. The number of halogens is 2. The first-order valence-electron chi connectivity index (χ1n) is 6.35. The van der Waals surface area contributed by atoms with Crippen LogP contribution in [0.25, 0.3) is 0 Å². The monoisotopic (exact) mass is 351 g/mol. The SMILES string of the molecule is Cc1cccc(C(=O)NCCc2ccc(Cl)cc2)c1Br. The molecule has 20 heavy (non-hydrogen) atoms. The van der Waals surface area contributed by atoms with Gasteiger partial charge in [0, 0.05) is 16.0 Å². The molecule has 4 heteroatoms. The summed E-state index contributed by atoms with van der Waals surface area (Å²) in [6.07, 6.45) is 0.784. The first-order chi connectivity index (χ1) is 9.58. The van der Waals surface area contributed by atoms with Crippen molar-refractivity contribution in [2.24, 2.45) is 0 Å². The van der Waals surface area contributed by atoms with Crippen LogP contribution in [0.1, 0.15) is 21.5 Å². The van der Waals surface area contributed by atoms with Crippen molar-refractivity contribution in [1.82, 2.24) is 5.32 Å². The average Bonchev–Trinajstić information content (AvgIpc) is 2.44. The van der Waals surface area contributed by atoms with Gasteiger partial charge in [0.05, 0.1) is 5.56 Å². The summed E-state index contributed by atoms with van der Waals surface area (Å²) in [6, 6.07) is 13.3. The van der Waals surface area contributed by atoms with Gasteiger partial charge in [-0.1, -0.05) is 35.9 Å². The smallest absolute Gasteiger partial charge is 0.252 e. The lowest BCUT2D eigenvalue weighted by molar-refractivity contribution is 0.0953. The zero-order valence-electron chi connectivity index (χ0n) is 11.1. The van der Waals surface area contributed by atoms with Gasteiger partial charge >= 0.3 is 0 Å². The first kappa shape index (κ1) is 15.1. The summed E-state index contributed by atoms with van der Waals surface area (Å²) in [6.45, 7) is 2.56. The van der Waals surface area contributed by atoms with Gasteiger partial charge in [-0.05, 0) is 58.6 Å². The van der Waals surface area contributed by atoms with Gasteiger partial charge < -0.3 is 5.32 Å². The zero-order valence-corrected chi connectivity index (χ0v) is 13.5. The van der Waals surface area contributed by atoms with Crippen molar-refractivity contribution >= 4 is 33.4 Å². The number of carbonyl (C=O) groups excluding carboxylic acids is 1. The van der Waals surface area contributed by atoms with Gasteiger partial charge in [0.25, 0.3) is 5.91 Å². The van der Waals surface area contributed by atoms with Crippen molar-refractivity contribution in [3.05, 3.63) is 68.7 Å². The van der Waals surface area contributed by atoms with Crippen LogP contribution in [0.3, 0.4) is 0 Å². The Kier molecular flexibility index (Phi) is 5.21. The maximum Gasteiger partial charge on any atom is 0.252 e. The minimum Gasteiger partial charge on any atom is -0.352 e. The third-order valence-corrected chi connectivity index (χ3v) is 4.35. The second kappa shape index (κ2) is 6.91. The quantitative estimate of drug-likeness (QED) is 0.869. The lowest BCUT2D eigenvalue weighted by Crippen LogP contribution is -2.26. The predicted molar refractivity (Wildman–Crippen MR) is 86.4 cm³/mol. The van der Waals surface area contributed by atoms with E-state index in [0.29, 0.717) is 12.1 Å². The second-order valence-corrected chi connectivity index (χ2v) is 5.80. The molecular weight excluding hydrogens is 338 g/mol. The van der Waals surface area contributed by atoms with E-state index < -0.39 is 0 Å². The topological polar surface area (TPSA) is 29.1 Å². The average molecular weight is 353 g/mol. The van der Waals surface area contributed by atoms with E-state index in [4.69, 9.17) is 11.6 Å². The normalized spacial score (nSPS) is 10.3. The molecule has 0 heterocycles. The molecule has 1 amide bonds. The van der Waals surface area contributed by atoms with E-state index in [-0.39, 0.29) is 5.91 Å². The van der Waals surface area contributed by atoms with Crippen LogP contribution in [0, 0.1) is 6.92 Å². The lowest BCUT2D eigenvalue weighted by atomic mass is 10.1. The van der Waals surface area contributed by atoms with Gasteiger partial charge in [-0.15, -0.1) is 0 Å². The number of hydrogen-bond donors (Lipinski definition) is 1. The number of carbonyl (C=O) groups is 1. The van der Waals surface area contributed by atoms with E-state index in [1.54, 1.807) is 0 Å². The van der Waals surface area contributed by atoms with Gasteiger partial charge in [-0.25, -0.2) is 0 Å². The molecule has 0 radical (unpaired) electrons. The summed E-state index contributed by atoms with van der Waals surface area (Å²) in [5.41, 5.74) is 2.87. The van der Waals surface area contributed by atoms with Crippen LogP contribution < -0.4 is 5.32 Å². The third-order valence-electron chi connectivity index (χ3n) is 3.05. The van der Waals surface area contributed by atoms with Crippen LogP contribution in [-0.2, 0) is 6.42 Å². The van der Waals surface area contributed by atoms with Crippen LogP contribution in [0.5, 0.6) is 0 Å². The van der Waals surface area contributed by atoms with Crippen molar-refractivity contribution in [2.75, 3.05) is 6.54 Å². The summed E-state index contributed by atoms with van der Waals surface area (Å²) in [4.78, 5) is 12.1. The summed E-state index contributed by atoms with van der Waals surface area (Å²) in [7, 11) is 0. The van der Waals surface area contributed by atoms with E-state index >= 15 is 0 Å². The lowest BCUT2D eigenvalue weighted by Gasteiger charge is -2.08. The summed E-state index contributed by atoms with van der Waals surface area (Å²) >= 11 is 9.28. The summed E-state index contributed by atoms with van der Waals surface area (Å²) < 4.78 is 0.851. The largest absolute Gasteiger partial charge is 0.352 e. The number of hydrogen-bond acceptors (Lipinski definition) is 1. The zero-order chi connectivity index (χ0) is 14.5. The molecule has 0 atom stereocenters. The molecule has 0 bridgehead atoms. The van der Waals surface area contributed by atoms with Crippen LogP contribution in [0.4, 0.5) is 0 Å². The maximum atomic E-state index is 12.1. The van der Waals surface area contributed by atoms with Crippen molar-refractivity contribution in [1.29, 1.82) is 0 Å². The number of nitrogens with one attached hydrogen (secondary N) is 1. The van der Waals surface area contributed by atoms with E-state index in [2.05, 4.69) is 21.2 Å². The van der Waals surface area contributed by atoms with Gasteiger partial charge in [0.1, 0.15) is 0 Å². The molecule has 0 saturated carbocycles. The highest BCUT2D eigenvalue weighted by atomic mass is 79.9. The van der Waals surface area contributed by atoms with E-state index in [1.807, 2.05) is 49.4 Å². The van der Waals surface area contributed by atoms with E-state index in [9.17, 15) is 4.79 Å². The standard InChI is InChI=1S/C16H15BrClNO/c1-11-3-2-4-14(15(11)17)16(20)19-10-9-12-5-7-13(18)8-6-12/h2-8H,9-10H2,1H3,(H,19,20). The fourth-order valence-electron chi connectivity index (χ4n) is 1.89. The minimum atomic E-state index is -0.0606. The predicted octanol–water partition coefficient (Wildman–Crippen LogP) is 4.38. The number of aryl methyl sites for hydroxylation is 1. The van der Waals surface area contributed by atoms with Crippen molar-refractivity contribution in [3.8, 4) is 0 Å². The molecule has 0 spiro atoms.